The van der Waals surface area contributed by atoms with Crippen LogP contribution in [0.15, 0.2) is 36.7 Å². The summed E-state index contributed by atoms with van der Waals surface area (Å²) in [5.74, 6) is 0. The summed E-state index contributed by atoms with van der Waals surface area (Å²) in [7, 11) is 0. The molecule has 0 aromatic carbocycles. The van der Waals surface area contributed by atoms with Crippen LogP contribution in [-0.2, 0) is 21.1 Å². The molecule has 0 saturated heterocycles. The van der Waals surface area contributed by atoms with Crippen LogP contribution in [0.4, 0.5) is 0 Å². The zero-order valence-corrected chi connectivity index (χ0v) is 14.3. The van der Waals surface area contributed by atoms with Crippen molar-refractivity contribution in [2.24, 2.45) is 0 Å². The monoisotopic (exact) mass is 501 g/mol. The SMILES string of the molecule is [OH+]=C1NC(=S)c2cccn21.[OH+]=C1NC(=S)c2cccn21.[Pt+4]. The van der Waals surface area contributed by atoms with Gasteiger partial charge in [0.15, 0.2) is 0 Å². The van der Waals surface area contributed by atoms with Gasteiger partial charge < -0.3 is 0 Å². The van der Waals surface area contributed by atoms with Crippen molar-refractivity contribution in [3.05, 3.63) is 48.0 Å². The van der Waals surface area contributed by atoms with E-state index in [0.717, 1.165) is 11.4 Å². The fourth-order valence-electron chi connectivity index (χ4n) is 1.95. The third kappa shape index (κ3) is 2.74. The first kappa shape index (κ1) is 15.8. The number of aromatic nitrogens is 2. The molecule has 0 atom stereocenters. The molecule has 0 saturated carbocycles. The van der Waals surface area contributed by atoms with Gasteiger partial charge in [0.05, 0.1) is 11.4 Å². The maximum atomic E-state index is 9.12. The van der Waals surface area contributed by atoms with Gasteiger partial charge in [-0.2, -0.15) is 0 Å². The number of nitrogens with one attached hydrogen (secondary N) is 2. The number of hydrogen-bond donors (Lipinski definition) is 2. The Labute approximate surface area is 144 Å². The van der Waals surface area contributed by atoms with Crippen molar-refractivity contribution in [3.63, 3.8) is 0 Å². The number of carbonyl (C=O) groups excluding carboxylic acids is 2. The van der Waals surface area contributed by atoms with E-state index >= 15 is 0 Å². The summed E-state index contributed by atoms with van der Waals surface area (Å²) < 4.78 is 3.20. The molecule has 9 heteroatoms. The Kier molecular flexibility index (Phi) is 4.51. The summed E-state index contributed by atoms with van der Waals surface area (Å²) in [6, 6.07) is 7.53. The van der Waals surface area contributed by atoms with Crippen molar-refractivity contribution in [2.45, 2.75) is 0 Å². The molecule has 4 heterocycles. The second kappa shape index (κ2) is 6.01. The summed E-state index contributed by atoms with van der Waals surface area (Å²) in [5, 5.41) is 5.26. The Bertz CT molecular complexity index is 644. The molecular formula is C12H10N4O2PtS2+6. The van der Waals surface area contributed by atoms with Crippen LogP contribution >= 0.6 is 24.4 Å². The number of fused-ring (bicyclic) bond motifs is 2. The summed E-state index contributed by atoms with van der Waals surface area (Å²) in [5.41, 5.74) is 1.68. The molecule has 6 nitrogen and oxygen atoms in total. The number of amides is 2. The Morgan fingerprint density at radius 1 is 0.810 bits per heavy atom. The van der Waals surface area contributed by atoms with Gasteiger partial charge in [-0.15, -0.1) is 0 Å². The standard InChI is InChI=1S/2C6H4N2OS.Pt/c2*9-6-7-5(10)4-2-1-3-8(4)6;/h2*1-3H,(H,7,9,10);/q;;+4/p+2. The van der Waals surface area contributed by atoms with Crippen molar-refractivity contribution in [1.82, 2.24) is 19.8 Å². The third-order valence-electron chi connectivity index (χ3n) is 2.87. The summed E-state index contributed by atoms with van der Waals surface area (Å²) in [6.45, 7) is 0. The Hall–Kier alpha value is -1.63. The minimum atomic E-state index is 0. The normalized spacial score (nSPS) is 14.5. The number of rotatable bonds is 0. The zero-order chi connectivity index (χ0) is 14.3. The molecule has 106 valence electrons. The van der Waals surface area contributed by atoms with Crippen molar-refractivity contribution in [3.8, 4) is 0 Å². The Balaban J connectivity index is 0.000000147. The average molecular weight is 501 g/mol. The van der Waals surface area contributed by atoms with Crippen LogP contribution in [0.3, 0.4) is 0 Å². The molecule has 2 aromatic heterocycles. The van der Waals surface area contributed by atoms with Crippen LogP contribution in [0.2, 0.25) is 0 Å². The predicted molar refractivity (Wildman–Crippen MR) is 83.2 cm³/mol. The van der Waals surface area contributed by atoms with Gasteiger partial charge in [0.25, 0.3) is 0 Å². The molecule has 2 aliphatic heterocycles. The van der Waals surface area contributed by atoms with E-state index in [9.17, 15) is 0 Å². The van der Waals surface area contributed by atoms with Gasteiger partial charge in [0, 0.05) is 12.4 Å². The van der Waals surface area contributed by atoms with Crippen molar-refractivity contribution >= 4 is 46.5 Å². The van der Waals surface area contributed by atoms with Crippen molar-refractivity contribution < 1.29 is 30.7 Å². The minimum absolute atomic E-state index is 0. The van der Waals surface area contributed by atoms with E-state index in [2.05, 4.69) is 10.6 Å². The van der Waals surface area contributed by atoms with E-state index in [0.29, 0.717) is 9.98 Å². The second-order valence-electron chi connectivity index (χ2n) is 4.08. The maximum Gasteiger partial charge on any atom is 4.00 e. The molecule has 21 heavy (non-hydrogen) atoms. The first-order chi connectivity index (χ1) is 9.58. The van der Waals surface area contributed by atoms with E-state index in [1.807, 2.05) is 24.3 Å². The predicted octanol–water partition coefficient (Wildman–Crippen LogP) is 0.147. The minimum Gasteiger partial charge on any atom is -0.246 e. The van der Waals surface area contributed by atoms with Gasteiger partial charge in [-0.1, -0.05) is 24.4 Å². The van der Waals surface area contributed by atoms with Crippen molar-refractivity contribution in [2.75, 3.05) is 0 Å². The second-order valence-corrected chi connectivity index (χ2v) is 4.90. The largest absolute Gasteiger partial charge is 4.00 e. The molecule has 4 rings (SSSR count). The van der Waals surface area contributed by atoms with E-state index in [1.165, 1.54) is 0 Å². The van der Waals surface area contributed by atoms with Gasteiger partial charge in [0.1, 0.15) is 9.98 Å². The first-order valence-corrected chi connectivity index (χ1v) is 6.49. The topological polar surface area (TPSA) is 76.7 Å². The van der Waals surface area contributed by atoms with Crippen LogP contribution in [0.25, 0.3) is 0 Å². The number of nitrogens with zero attached hydrogens (tertiary/aromatic N) is 2. The van der Waals surface area contributed by atoms with Crippen molar-refractivity contribution in [1.29, 1.82) is 0 Å². The fraction of sp³-hybridized carbons (Fsp3) is 0. The summed E-state index contributed by atoms with van der Waals surface area (Å²) in [6.07, 6.45) is 3.49. The maximum absolute atomic E-state index is 9.12. The molecule has 0 bridgehead atoms. The van der Waals surface area contributed by atoms with E-state index < -0.39 is 0 Å². The fourth-order valence-corrected chi connectivity index (χ4v) is 2.47. The molecule has 0 aliphatic carbocycles. The average Bonchev–Trinajstić information content (AvgIpc) is 3.13. The Morgan fingerprint density at radius 2 is 1.19 bits per heavy atom. The molecule has 0 spiro atoms. The molecule has 0 unspecified atom stereocenters. The van der Waals surface area contributed by atoms with Gasteiger partial charge in [0.2, 0.25) is 0 Å². The summed E-state index contributed by atoms with van der Waals surface area (Å²) in [4.78, 5) is 19.4. The summed E-state index contributed by atoms with van der Waals surface area (Å²) >= 11 is 9.78. The van der Waals surface area contributed by atoms with Gasteiger partial charge in [-0.25, -0.2) is 29.4 Å². The molecule has 2 amide bonds. The van der Waals surface area contributed by atoms with Crippen LogP contribution in [0.1, 0.15) is 11.4 Å². The third-order valence-corrected chi connectivity index (χ3v) is 3.49. The number of hydrogen-bond acceptors (Lipinski definition) is 2. The van der Waals surface area contributed by atoms with E-state index in [1.54, 1.807) is 21.5 Å². The van der Waals surface area contributed by atoms with E-state index in [4.69, 9.17) is 34.0 Å². The zero-order valence-electron chi connectivity index (χ0n) is 10.4. The van der Waals surface area contributed by atoms with E-state index in [-0.39, 0.29) is 33.1 Å². The Morgan fingerprint density at radius 3 is 1.52 bits per heavy atom. The molecule has 0 fully saturated rings. The smallest absolute Gasteiger partial charge is 0.246 e. The van der Waals surface area contributed by atoms with Gasteiger partial charge >= 0.3 is 33.1 Å². The van der Waals surface area contributed by atoms with Crippen LogP contribution < -0.4 is 10.6 Å². The first-order valence-electron chi connectivity index (χ1n) is 5.68. The quantitative estimate of drug-likeness (QED) is 0.399. The molecule has 4 N–H and O–H groups in total. The van der Waals surface area contributed by atoms with Gasteiger partial charge in [-0.3, -0.25) is 0 Å². The number of thiocarbonyl (C=S) groups is 2. The van der Waals surface area contributed by atoms with Crippen LogP contribution in [-0.4, -0.2) is 40.8 Å². The molecule has 0 radical (unpaired) electrons. The molecule has 2 aliphatic rings. The van der Waals surface area contributed by atoms with Crippen LogP contribution in [0.5, 0.6) is 0 Å². The van der Waals surface area contributed by atoms with Gasteiger partial charge in [-0.05, 0) is 24.3 Å². The van der Waals surface area contributed by atoms with Crippen LogP contribution in [0, 0.1) is 0 Å². The molecule has 2 aromatic rings. The molecular weight excluding hydrogens is 491 g/mol.